The maximum Gasteiger partial charge on any atom is 0.170 e. The summed E-state index contributed by atoms with van der Waals surface area (Å²) in [4.78, 5) is 0. The summed E-state index contributed by atoms with van der Waals surface area (Å²) in [5.74, 6) is 1.40. The second-order valence-corrected chi connectivity index (χ2v) is 6.33. The molecule has 0 amide bonds. The van der Waals surface area contributed by atoms with Crippen LogP contribution in [0.2, 0.25) is 0 Å². The number of nitrogens with one attached hydrogen (secondary N) is 2. The van der Waals surface area contributed by atoms with Gasteiger partial charge in [0.1, 0.15) is 0 Å². The van der Waals surface area contributed by atoms with Gasteiger partial charge in [0.2, 0.25) is 0 Å². The Morgan fingerprint density at radius 3 is 2.17 bits per heavy atom. The minimum absolute atomic E-state index is 0.644. The van der Waals surface area contributed by atoms with Crippen LogP contribution in [0.25, 0.3) is 0 Å². The van der Waals surface area contributed by atoms with Gasteiger partial charge in [0.25, 0.3) is 0 Å². The van der Waals surface area contributed by atoms with Crippen LogP contribution in [-0.4, -0.2) is 25.9 Å². The fraction of sp³-hybridized carbons (Fsp3) is 0.632. The number of unbranched alkanes of at least 4 members (excludes halogenated alkanes) is 7. The summed E-state index contributed by atoms with van der Waals surface area (Å²) in [5.41, 5.74) is 0.890. The van der Waals surface area contributed by atoms with Crippen LogP contribution in [0.15, 0.2) is 18.2 Å². The van der Waals surface area contributed by atoms with E-state index < -0.39 is 0 Å². The summed E-state index contributed by atoms with van der Waals surface area (Å²) < 4.78 is 10.5. The third-order valence-electron chi connectivity index (χ3n) is 3.96. The Labute approximate surface area is 152 Å². The summed E-state index contributed by atoms with van der Waals surface area (Å²) in [5, 5.41) is 7.08. The molecule has 4 nitrogen and oxygen atoms in total. The Morgan fingerprint density at radius 1 is 0.917 bits per heavy atom. The molecule has 1 aromatic carbocycles. The van der Waals surface area contributed by atoms with Gasteiger partial charge in [-0.3, -0.25) is 0 Å². The average Bonchev–Trinajstić information content (AvgIpc) is 2.60. The molecule has 0 aliphatic rings. The topological polar surface area (TPSA) is 42.5 Å². The molecule has 0 aliphatic heterocycles. The summed E-state index contributed by atoms with van der Waals surface area (Å²) >= 11 is 5.33. The highest BCUT2D eigenvalue weighted by atomic mass is 32.1. The number of benzene rings is 1. The molecule has 0 saturated carbocycles. The van der Waals surface area contributed by atoms with Gasteiger partial charge in [-0.1, -0.05) is 51.9 Å². The molecule has 5 heteroatoms. The van der Waals surface area contributed by atoms with Gasteiger partial charge in [0, 0.05) is 18.3 Å². The van der Waals surface area contributed by atoms with Crippen LogP contribution in [-0.2, 0) is 0 Å². The van der Waals surface area contributed by atoms with Gasteiger partial charge in [-0.05, 0) is 30.8 Å². The van der Waals surface area contributed by atoms with E-state index in [0.717, 1.165) is 18.7 Å². The number of hydrogen-bond donors (Lipinski definition) is 2. The van der Waals surface area contributed by atoms with Crippen molar-refractivity contribution >= 4 is 23.0 Å². The first-order chi connectivity index (χ1) is 11.7. The van der Waals surface area contributed by atoms with Crippen LogP contribution in [0.5, 0.6) is 11.5 Å². The second-order valence-electron chi connectivity index (χ2n) is 5.93. The van der Waals surface area contributed by atoms with Gasteiger partial charge in [-0.25, -0.2) is 0 Å². The first-order valence-corrected chi connectivity index (χ1v) is 9.39. The third kappa shape index (κ3) is 8.39. The molecule has 2 N–H and O–H groups in total. The zero-order chi connectivity index (χ0) is 17.6. The molecular weight excluding hydrogens is 320 g/mol. The number of thiocarbonyl (C=S) groups is 1. The summed E-state index contributed by atoms with van der Waals surface area (Å²) in [6.07, 6.45) is 10.5. The van der Waals surface area contributed by atoms with Crippen molar-refractivity contribution in [3.63, 3.8) is 0 Å². The summed E-state index contributed by atoms with van der Waals surface area (Å²) in [7, 11) is 3.25. The number of anilines is 1. The largest absolute Gasteiger partial charge is 0.493 e. The molecule has 1 aromatic rings. The zero-order valence-corrected chi connectivity index (χ0v) is 16.1. The van der Waals surface area contributed by atoms with Crippen molar-refractivity contribution in [3.8, 4) is 11.5 Å². The van der Waals surface area contributed by atoms with Gasteiger partial charge in [-0.15, -0.1) is 0 Å². The maximum atomic E-state index is 5.33. The Kier molecular flexibility index (Phi) is 11.0. The molecular formula is C19H32N2O2S. The van der Waals surface area contributed by atoms with Crippen molar-refractivity contribution in [2.24, 2.45) is 0 Å². The molecule has 0 aromatic heterocycles. The van der Waals surface area contributed by atoms with E-state index in [1.807, 2.05) is 18.2 Å². The van der Waals surface area contributed by atoms with Gasteiger partial charge in [0.05, 0.1) is 14.2 Å². The van der Waals surface area contributed by atoms with Crippen molar-refractivity contribution in [1.82, 2.24) is 5.32 Å². The molecule has 0 spiro atoms. The Balaban J connectivity index is 2.16. The lowest BCUT2D eigenvalue weighted by atomic mass is 10.1. The quantitative estimate of drug-likeness (QED) is 0.403. The van der Waals surface area contributed by atoms with Crippen LogP contribution in [0.4, 0.5) is 5.69 Å². The summed E-state index contributed by atoms with van der Waals surface area (Å²) in [6.45, 7) is 3.17. The lowest BCUT2D eigenvalue weighted by molar-refractivity contribution is 0.355. The molecule has 1 rings (SSSR count). The van der Waals surface area contributed by atoms with Gasteiger partial charge >= 0.3 is 0 Å². The van der Waals surface area contributed by atoms with Crippen LogP contribution in [0, 0.1) is 0 Å². The first kappa shape index (κ1) is 20.6. The molecule has 24 heavy (non-hydrogen) atoms. The molecule has 0 unspecified atom stereocenters. The van der Waals surface area contributed by atoms with Crippen LogP contribution in [0.3, 0.4) is 0 Å². The van der Waals surface area contributed by atoms with Crippen LogP contribution in [0.1, 0.15) is 58.3 Å². The average molecular weight is 353 g/mol. The molecule has 0 fully saturated rings. The zero-order valence-electron chi connectivity index (χ0n) is 15.3. The molecule has 0 bridgehead atoms. The normalized spacial score (nSPS) is 10.3. The van der Waals surface area contributed by atoms with E-state index in [2.05, 4.69) is 17.6 Å². The predicted molar refractivity (Wildman–Crippen MR) is 106 cm³/mol. The minimum atomic E-state index is 0.644. The van der Waals surface area contributed by atoms with E-state index in [1.54, 1.807) is 14.2 Å². The van der Waals surface area contributed by atoms with Gasteiger partial charge < -0.3 is 20.1 Å². The highest BCUT2D eigenvalue weighted by Crippen LogP contribution is 2.29. The van der Waals surface area contributed by atoms with E-state index in [4.69, 9.17) is 21.7 Å². The lowest BCUT2D eigenvalue weighted by Gasteiger charge is -2.13. The molecule has 0 heterocycles. The van der Waals surface area contributed by atoms with Crippen molar-refractivity contribution in [2.45, 2.75) is 58.3 Å². The number of hydrogen-bond acceptors (Lipinski definition) is 3. The third-order valence-corrected chi connectivity index (χ3v) is 4.20. The van der Waals surface area contributed by atoms with E-state index in [1.165, 1.54) is 44.9 Å². The maximum absolute atomic E-state index is 5.33. The first-order valence-electron chi connectivity index (χ1n) is 8.98. The Morgan fingerprint density at radius 2 is 1.54 bits per heavy atom. The van der Waals surface area contributed by atoms with E-state index in [9.17, 15) is 0 Å². The molecule has 0 aliphatic carbocycles. The van der Waals surface area contributed by atoms with Crippen molar-refractivity contribution in [2.75, 3.05) is 26.1 Å². The smallest absolute Gasteiger partial charge is 0.170 e. The fourth-order valence-electron chi connectivity index (χ4n) is 2.55. The van der Waals surface area contributed by atoms with Gasteiger partial charge in [0.15, 0.2) is 16.6 Å². The highest BCUT2D eigenvalue weighted by molar-refractivity contribution is 7.80. The van der Waals surface area contributed by atoms with E-state index in [-0.39, 0.29) is 0 Å². The summed E-state index contributed by atoms with van der Waals surface area (Å²) in [6, 6.07) is 5.66. The SMILES string of the molecule is CCCCCCCCCCNC(=S)Nc1ccc(OC)c(OC)c1. The number of ether oxygens (including phenoxy) is 2. The Bertz CT molecular complexity index is 480. The standard InChI is InChI=1S/C19H32N2O2S/c1-4-5-6-7-8-9-10-11-14-20-19(24)21-16-12-13-17(22-2)18(15-16)23-3/h12-13,15H,4-11,14H2,1-3H3,(H2,20,21,24). The molecule has 0 atom stereocenters. The van der Waals surface area contributed by atoms with Crippen molar-refractivity contribution in [1.29, 1.82) is 0 Å². The second kappa shape index (κ2) is 12.9. The highest BCUT2D eigenvalue weighted by Gasteiger charge is 2.05. The molecule has 0 saturated heterocycles. The van der Waals surface area contributed by atoms with Gasteiger partial charge in [-0.2, -0.15) is 0 Å². The van der Waals surface area contributed by atoms with Crippen LogP contribution < -0.4 is 20.1 Å². The minimum Gasteiger partial charge on any atom is -0.493 e. The Hall–Kier alpha value is -1.49. The molecule has 136 valence electrons. The van der Waals surface area contributed by atoms with Crippen molar-refractivity contribution in [3.05, 3.63) is 18.2 Å². The van der Waals surface area contributed by atoms with Crippen LogP contribution >= 0.6 is 12.2 Å². The lowest BCUT2D eigenvalue weighted by Crippen LogP contribution is -2.29. The number of methoxy groups -OCH3 is 2. The van der Waals surface area contributed by atoms with Crippen molar-refractivity contribution < 1.29 is 9.47 Å². The number of rotatable bonds is 12. The van der Waals surface area contributed by atoms with E-state index in [0.29, 0.717) is 16.6 Å². The van der Waals surface area contributed by atoms with E-state index >= 15 is 0 Å². The molecule has 0 radical (unpaired) electrons. The predicted octanol–water partition coefficient (Wildman–Crippen LogP) is 5.13. The monoisotopic (exact) mass is 352 g/mol. The fourth-order valence-corrected chi connectivity index (χ4v) is 2.77.